The topological polar surface area (TPSA) is 65.6 Å². The Balaban J connectivity index is 1.78. The molecule has 0 radical (unpaired) electrons. The summed E-state index contributed by atoms with van der Waals surface area (Å²) in [6, 6.07) is 9.66. The first kappa shape index (κ1) is 12.3. The zero-order chi connectivity index (χ0) is 13.9. The molecule has 0 amide bonds. The van der Waals surface area contributed by atoms with Gasteiger partial charge < -0.3 is 0 Å². The van der Waals surface area contributed by atoms with Gasteiger partial charge in [-0.1, -0.05) is 23.4 Å². The highest BCUT2D eigenvalue weighted by Gasteiger charge is 2.12. The molecule has 0 aliphatic carbocycles. The lowest BCUT2D eigenvalue weighted by Gasteiger charge is -1.98. The number of carbonyl (C=O) groups is 1. The SMILES string of the molecule is Cn1cc(CC(=O)c2cnn(-c3ccccc3)c2)nn1. The minimum absolute atomic E-state index is 0.0207. The van der Waals surface area contributed by atoms with Crippen LogP contribution in [0.15, 0.2) is 48.9 Å². The van der Waals surface area contributed by atoms with E-state index in [0.29, 0.717) is 11.3 Å². The maximum Gasteiger partial charge on any atom is 0.172 e. The molecule has 3 aromatic rings. The van der Waals surface area contributed by atoms with Gasteiger partial charge in [-0.3, -0.25) is 9.48 Å². The fourth-order valence-electron chi connectivity index (χ4n) is 1.93. The van der Waals surface area contributed by atoms with Crippen LogP contribution in [0, 0.1) is 0 Å². The highest BCUT2D eigenvalue weighted by Crippen LogP contribution is 2.09. The Labute approximate surface area is 115 Å². The van der Waals surface area contributed by atoms with E-state index in [4.69, 9.17) is 0 Å². The molecule has 0 saturated heterocycles. The minimum Gasteiger partial charge on any atom is -0.294 e. The largest absolute Gasteiger partial charge is 0.294 e. The molecular weight excluding hydrogens is 254 g/mol. The van der Waals surface area contributed by atoms with E-state index in [1.54, 1.807) is 35.0 Å². The smallest absolute Gasteiger partial charge is 0.172 e. The Morgan fingerprint density at radius 1 is 1.20 bits per heavy atom. The maximum atomic E-state index is 12.1. The Bertz CT molecular complexity index is 729. The lowest BCUT2D eigenvalue weighted by Crippen LogP contribution is -2.03. The summed E-state index contributed by atoms with van der Waals surface area (Å²) in [5, 5.41) is 11.9. The van der Waals surface area contributed by atoms with Crippen LogP contribution in [0.1, 0.15) is 16.1 Å². The van der Waals surface area contributed by atoms with Crippen molar-refractivity contribution in [3.05, 3.63) is 60.2 Å². The number of para-hydroxylation sites is 1. The monoisotopic (exact) mass is 267 g/mol. The number of rotatable bonds is 4. The van der Waals surface area contributed by atoms with Crippen molar-refractivity contribution in [1.82, 2.24) is 24.8 Å². The van der Waals surface area contributed by atoms with Gasteiger partial charge >= 0.3 is 0 Å². The van der Waals surface area contributed by atoms with Crippen molar-refractivity contribution in [2.45, 2.75) is 6.42 Å². The van der Waals surface area contributed by atoms with Gasteiger partial charge in [0.05, 0.1) is 29.6 Å². The van der Waals surface area contributed by atoms with Gasteiger partial charge in [0, 0.05) is 19.4 Å². The fraction of sp³-hybridized carbons (Fsp3) is 0.143. The van der Waals surface area contributed by atoms with E-state index in [2.05, 4.69) is 15.4 Å². The van der Waals surface area contributed by atoms with Crippen LogP contribution in [0.4, 0.5) is 0 Å². The number of nitrogens with zero attached hydrogens (tertiary/aromatic N) is 5. The third-order valence-corrected chi connectivity index (χ3v) is 2.92. The van der Waals surface area contributed by atoms with E-state index < -0.39 is 0 Å². The van der Waals surface area contributed by atoms with E-state index in [1.165, 1.54) is 0 Å². The third kappa shape index (κ3) is 2.49. The van der Waals surface area contributed by atoms with Crippen molar-refractivity contribution in [3.8, 4) is 5.69 Å². The molecule has 0 aliphatic rings. The fourth-order valence-corrected chi connectivity index (χ4v) is 1.93. The van der Waals surface area contributed by atoms with Crippen molar-refractivity contribution in [2.24, 2.45) is 7.05 Å². The van der Waals surface area contributed by atoms with E-state index in [-0.39, 0.29) is 12.2 Å². The first-order valence-corrected chi connectivity index (χ1v) is 6.21. The summed E-state index contributed by atoms with van der Waals surface area (Å²) >= 11 is 0. The molecule has 100 valence electrons. The summed E-state index contributed by atoms with van der Waals surface area (Å²) in [5.41, 5.74) is 2.15. The molecule has 1 aromatic carbocycles. The second-order valence-corrected chi connectivity index (χ2v) is 4.49. The Morgan fingerprint density at radius 3 is 2.70 bits per heavy atom. The highest BCUT2D eigenvalue weighted by atomic mass is 16.1. The lowest BCUT2D eigenvalue weighted by atomic mass is 10.1. The van der Waals surface area contributed by atoms with Crippen molar-refractivity contribution in [3.63, 3.8) is 0 Å². The van der Waals surface area contributed by atoms with Crippen molar-refractivity contribution >= 4 is 5.78 Å². The molecule has 0 spiro atoms. The summed E-state index contributed by atoms with van der Waals surface area (Å²) < 4.78 is 3.26. The molecule has 3 rings (SSSR count). The van der Waals surface area contributed by atoms with E-state index in [9.17, 15) is 4.79 Å². The van der Waals surface area contributed by atoms with Gasteiger partial charge in [-0.05, 0) is 12.1 Å². The number of ketones is 1. The quantitative estimate of drug-likeness (QED) is 0.671. The van der Waals surface area contributed by atoms with Crippen molar-refractivity contribution in [1.29, 1.82) is 0 Å². The number of aromatic nitrogens is 5. The molecular formula is C14H13N5O. The summed E-state index contributed by atoms with van der Waals surface area (Å²) in [4.78, 5) is 12.1. The van der Waals surface area contributed by atoms with E-state index in [0.717, 1.165) is 5.69 Å². The third-order valence-electron chi connectivity index (χ3n) is 2.92. The Morgan fingerprint density at radius 2 is 2.00 bits per heavy atom. The molecule has 2 heterocycles. The van der Waals surface area contributed by atoms with Gasteiger partial charge in [0.15, 0.2) is 5.78 Å². The van der Waals surface area contributed by atoms with Crippen LogP contribution in [-0.2, 0) is 13.5 Å². The molecule has 0 aliphatic heterocycles. The van der Waals surface area contributed by atoms with Crippen LogP contribution in [0.3, 0.4) is 0 Å². The average molecular weight is 267 g/mol. The van der Waals surface area contributed by atoms with Crippen molar-refractivity contribution in [2.75, 3.05) is 0 Å². The predicted molar refractivity (Wildman–Crippen MR) is 72.6 cm³/mol. The summed E-state index contributed by atoms with van der Waals surface area (Å²) in [5.74, 6) is -0.0207. The number of aryl methyl sites for hydroxylation is 1. The van der Waals surface area contributed by atoms with Gasteiger partial charge in [0.2, 0.25) is 0 Å². The normalized spacial score (nSPS) is 10.7. The number of hydrogen-bond acceptors (Lipinski definition) is 4. The molecule has 0 bridgehead atoms. The van der Waals surface area contributed by atoms with Crippen LogP contribution in [0.5, 0.6) is 0 Å². The summed E-state index contributed by atoms with van der Waals surface area (Å²) in [7, 11) is 1.77. The molecule has 0 saturated carbocycles. The molecule has 6 nitrogen and oxygen atoms in total. The standard InChI is InChI=1S/C14H13N5O/c1-18-10-12(16-17-18)7-14(20)11-8-15-19(9-11)13-5-3-2-4-6-13/h2-6,8-10H,7H2,1H3. The first-order chi connectivity index (χ1) is 9.72. The van der Waals surface area contributed by atoms with Gasteiger partial charge in [0.1, 0.15) is 0 Å². The Hall–Kier alpha value is -2.76. The Kier molecular flexibility index (Phi) is 3.12. The minimum atomic E-state index is -0.0207. The molecule has 0 fully saturated rings. The number of hydrogen-bond donors (Lipinski definition) is 0. The molecule has 6 heteroatoms. The molecule has 0 atom stereocenters. The van der Waals surface area contributed by atoms with Gasteiger partial charge in [-0.25, -0.2) is 4.68 Å². The number of carbonyl (C=O) groups excluding carboxylic acids is 1. The number of benzene rings is 1. The lowest BCUT2D eigenvalue weighted by molar-refractivity contribution is 0.0992. The van der Waals surface area contributed by atoms with Gasteiger partial charge in [-0.15, -0.1) is 5.10 Å². The zero-order valence-electron chi connectivity index (χ0n) is 11.0. The molecule has 0 N–H and O–H groups in total. The van der Waals surface area contributed by atoms with Crippen LogP contribution >= 0.6 is 0 Å². The van der Waals surface area contributed by atoms with Crippen LogP contribution < -0.4 is 0 Å². The second kappa shape index (κ2) is 5.08. The second-order valence-electron chi connectivity index (χ2n) is 4.49. The average Bonchev–Trinajstić information content (AvgIpc) is 3.09. The maximum absolute atomic E-state index is 12.1. The van der Waals surface area contributed by atoms with Crippen molar-refractivity contribution < 1.29 is 4.79 Å². The highest BCUT2D eigenvalue weighted by molar-refractivity contribution is 5.96. The van der Waals surface area contributed by atoms with E-state index >= 15 is 0 Å². The predicted octanol–water partition coefficient (Wildman–Crippen LogP) is 1.43. The van der Waals surface area contributed by atoms with Gasteiger partial charge in [0.25, 0.3) is 0 Å². The molecule has 2 aromatic heterocycles. The first-order valence-electron chi connectivity index (χ1n) is 6.21. The van der Waals surface area contributed by atoms with Crippen LogP contribution in [0.25, 0.3) is 5.69 Å². The molecule has 0 unspecified atom stereocenters. The molecule has 20 heavy (non-hydrogen) atoms. The summed E-state index contributed by atoms with van der Waals surface area (Å²) in [6.45, 7) is 0. The van der Waals surface area contributed by atoms with E-state index in [1.807, 2.05) is 30.3 Å². The summed E-state index contributed by atoms with van der Waals surface area (Å²) in [6.07, 6.45) is 5.27. The number of Topliss-reactive ketones (excluding diaryl/α,β-unsaturated/α-hetero) is 1. The van der Waals surface area contributed by atoms with Crippen LogP contribution in [0.2, 0.25) is 0 Å². The van der Waals surface area contributed by atoms with Gasteiger partial charge in [-0.2, -0.15) is 5.10 Å². The van der Waals surface area contributed by atoms with Crippen LogP contribution in [-0.4, -0.2) is 30.6 Å². The zero-order valence-corrected chi connectivity index (χ0v) is 11.0.